The van der Waals surface area contributed by atoms with Crippen LogP contribution in [0.25, 0.3) is 0 Å². The van der Waals surface area contributed by atoms with E-state index < -0.39 is 17.8 Å². The highest BCUT2D eigenvalue weighted by atomic mass is 19.4. The molecule has 0 bridgehead atoms. The lowest BCUT2D eigenvalue weighted by molar-refractivity contribution is -0.168. The van der Waals surface area contributed by atoms with Crippen molar-refractivity contribution in [2.45, 2.75) is 49.9 Å². The molecule has 6 heteroatoms. The van der Waals surface area contributed by atoms with Gasteiger partial charge in [-0.1, -0.05) is 0 Å². The third-order valence-corrected chi connectivity index (χ3v) is 3.28. The summed E-state index contributed by atoms with van der Waals surface area (Å²) < 4.78 is 38.1. The molecular formula is C10H15F3N2O. The van der Waals surface area contributed by atoms with Gasteiger partial charge in [0, 0.05) is 6.54 Å². The Hall–Kier alpha value is -0.780. The molecular weight excluding hydrogens is 221 g/mol. The van der Waals surface area contributed by atoms with Crippen LogP contribution in [0.1, 0.15) is 32.1 Å². The standard InChI is InChI=1S/C10H15F3N2O/c11-10(12,13)9(4-5-9)15-7-3-1-2-6-14-8(7)16/h7,15H,1-6H2,(H,14,16). The molecule has 0 aromatic carbocycles. The zero-order chi connectivity index (χ0) is 11.8. The van der Waals surface area contributed by atoms with Gasteiger partial charge in [0.1, 0.15) is 5.54 Å². The van der Waals surface area contributed by atoms with Gasteiger partial charge in [0.2, 0.25) is 5.91 Å². The molecule has 1 amide bonds. The van der Waals surface area contributed by atoms with Gasteiger partial charge in [0.05, 0.1) is 6.04 Å². The first-order chi connectivity index (χ1) is 7.45. The lowest BCUT2D eigenvalue weighted by Crippen LogP contribution is -2.54. The highest BCUT2D eigenvalue weighted by Crippen LogP contribution is 2.49. The third-order valence-electron chi connectivity index (χ3n) is 3.28. The summed E-state index contributed by atoms with van der Waals surface area (Å²) in [7, 11) is 0. The minimum Gasteiger partial charge on any atom is -0.355 e. The lowest BCUT2D eigenvalue weighted by atomic mass is 10.1. The smallest absolute Gasteiger partial charge is 0.355 e. The Bertz CT molecular complexity index is 286. The first-order valence-corrected chi connectivity index (χ1v) is 5.57. The second-order valence-corrected chi connectivity index (χ2v) is 4.56. The van der Waals surface area contributed by atoms with Crippen LogP contribution in [0.3, 0.4) is 0 Å². The average Bonchev–Trinajstić information content (AvgIpc) is 2.95. The van der Waals surface area contributed by atoms with E-state index in [1.54, 1.807) is 0 Å². The lowest BCUT2D eigenvalue weighted by Gasteiger charge is -2.25. The molecule has 2 N–H and O–H groups in total. The van der Waals surface area contributed by atoms with Crippen molar-refractivity contribution in [3.8, 4) is 0 Å². The van der Waals surface area contributed by atoms with E-state index in [4.69, 9.17) is 0 Å². The molecule has 2 aliphatic rings. The first-order valence-electron chi connectivity index (χ1n) is 5.57. The second-order valence-electron chi connectivity index (χ2n) is 4.56. The van der Waals surface area contributed by atoms with Crippen LogP contribution in [-0.4, -0.2) is 30.2 Å². The topological polar surface area (TPSA) is 41.1 Å². The van der Waals surface area contributed by atoms with E-state index >= 15 is 0 Å². The van der Waals surface area contributed by atoms with Crippen molar-refractivity contribution in [3.63, 3.8) is 0 Å². The average molecular weight is 236 g/mol. The number of hydrogen-bond acceptors (Lipinski definition) is 2. The molecule has 1 heterocycles. The summed E-state index contributed by atoms with van der Waals surface area (Å²) in [6.45, 7) is 0.566. The van der Waals surface area contributed by atoms with E-state index in [0.29, 0.717) is 13.0 Å². The molecule has 1 aliphatic heterocycles. The summed E-state index contributed by atoms with van der Waals surface area (Å²) >= 11 is 0. The maximum atomic E-state index is 12.7. The number of nitrogens with one attached hydrogen (secondary N) is 2. The van der Waals surface area contributed by atoms with E-state index in [-0.39, 0.29) is 18.7 Å². The SMILES string of the molecule is O=C1NCCCCC1NC1(C(F)(F)F)CC1. The summed E-state index contributed by atoms with van der Waals surface area (Å²) in [4.78, 5) is 11.5. The molecule has 0 radical (unpaired) electrons. The van der Waals surface area contributed by atoms with Crippen molar-refractivity contribution in [2.24, 2.45) is 0 Å². The predicted octanol–water partition coefficient (Wildman–Crippen LogP) is 1.34. The van der Waals surface area contributed by atoms with Crippen molar-refractivity contribution in [3.05, 3.63) is 0 Å². The van der Waals surface area contributed by atoms with Crippen LogP contribution in [0.5, 0.6) is 0 Å². The zero-order valence-electron chi connectivity index (χ0n) is 8.86. The fourth-order valence-electron chi connectivity index (χ4n) is 2.05. The molecule has 0 aromatic heterocycles. The maximum absolute atomic E-state index is 12.7. The van der Waals surface area contributed by atoms with Crippen molar-refractivity contribution in [1.29, 1.82) is 0 Å². The van der Waals surface area contributed by atoms with Gasteiger partial charge in [-0.05, 0) is 32.1 Å². The molecule has 3 nitrogen and oxygen atoms in total. The number of hydrogen-bond donors (Lipinski definition) is 2. The summed E-state index contributed by atoms with van der Waals surface area (Å²) in [5.41, 5.74) is -1.79. The molecule has 1 unspecified atom stereocenters. The van der Waals surface area contributed by atoms with Gasteiger partial charge in [-0.2, -0.15) is 13.2 Å². The summed E-state index contributed by atoms with van der Waals surface area (Å²) in [6.07, 6.45) is -1.98. The minimum atomic E-state index is -4.25. The number of amides is 1. The largest absolute Gasteiger partial charge is 0.406 e. The second kappa shape index (κ2) is 3.91. The molecule has 16 heavy (non-hydrogen) atoms. The van der Waals surface area contributed by atoms with Gasteiger partial charge in [0.25, 0.3) is 0 Å². The third kappa shape index (κ3) is 2.16. The molecule has 1 atom stereocenters. The van der Waals surface area contributed by atoms with Gasteiger partial charge in [0.15, 0.2) is 0 Å². The van der Waals surface area contributed by atoms with Gasteiger partial charge in [-0.3, -0.25) is 10.1 Å². The van der Waals surface area contributed by atoms with E-state index in [2.05, 4.69) is 10.6 Å². The quantitative estimate of drug-likeness (QED) is 0.759. The maximum Gasteiger partial charge on any atom is 0.406 e. The van der Waals surface area contributed by atoms with E-state index in [1.807, 2.05) is 0 Å². The minimum absolute atomic E-state index is 0.0836. The van der Waals surface area contributed by atoms with Gasteiger partial charge < -0.3 is 5.32 Å². The molecule has 2 rings (SSSR count). The van der Waals surface area contributed by atoms with Crippen molar-refractivity contribution >= 4 is 5.91 Å². The predicted molar refractivity (Wildman–Crippen MR) is 51.8 cm³/mol. The van der Waals surface area contributed by atoms with Crippen LogP contribution >= 0.6 is 0 Å². The normalized spacial score (nSPS) is 29.4. The molecule has 92 valence electrons. The van der Waals surface area contributed by atoms with Crippen LogP contribution in [0.15, 0.2) is 0 Å². The van der Waals surface area contributed by atoms with Crippen molar-refractivity contribution < 1.29 is 18.0 Å². The van der Waals surface area contributed by atoms with Gasteiger partial charge in [-0.25, -0.2) is 0 Å². The monoisotopic (exact) mass is 236 g/mol. The van der Waals surface area contributed by atoms with E-state index in [1.165, 1.54) is 0 Å². The fraction of sp³-hybridized carbons (Fsp3) is 0.900. The number of halogens is 3. The summed E-state index contributed by atoms with van der Waals surface area (Å²) in [5.74, 6) is -0.298. The highest BCUT2D eigenvalue weighted by molar-refractivity contribution is 5.82. The Kier molecular flexibility index (Phi) is 2.86. The zero-order valence-corrected chi connectivity index (χ0v) is 8.86. The summed E-state index contributed by atoms with van der Waals surface area (Å²) in [5, 5.41) is 5.13. The fourth-order valence-corrected chi connectivity index (χ4v) is 2.05. The van der Waals surface area contributed by atoms with E-state index in [0.717, 1.165) is 12.8 Å². The Labute approximate surface area is 91.8 Å². The molecule has 2 fully saturated rings. The number of carbonyl (C=O) groups is 1. The first kappa shape index (κ1) is 11.7. The van der Waals surface area contributed by atoms with Gasteiger partial charge in [-0.15, -0.1) is 0 Å². The Morgan fingerprint density at radius 2 is 2.00 bits per heavy atom. The van der Waals surface area contributed by atoms with E-state index in [9.17, 15) is 18.0 Å². The summed E-state index contributed by atoms with van der Waals surface area (Å²) in [6, 6.07) is -0.688. The van der Waals surface area contributed by atoms with Crippen molar-refractivity contribution in [1.82, 2.24) is 10.6 Å². The van der Waals surface area contributed by atoms with Crippen molar-refractivity contribution in [2.75, 3.05) is 6.54 Å². The Morgan fingerprint density at radius 3 is 2.56 bits per heavy atom. The van der Waals surface area contributed by atoms with Gasteiger partial charge >= 0.3 is 6.18 Å². The Morgan fingerprint density at radius 1 is 1.31 bits per heavy atom. The number of alkyl halides is 3. The van der Waals surface area contributed by atoms with Crippen LogP contribution in [0.2, 0.25) is 0 Å². The molecule has 1 saturated carbocycles. The van der Waals surface area contributed by atoms with Crippen LogP contribution in [0, 0.1) is 0 Å². The molecule has 0 spiro atoms. The number of carbonyl (C=O) groups excluding carboxylic acids is 1. The molecule has 1 saturated heterocycles. The molecule has 0 aromatic rings. The highest BCUT2D eigenvalue weighted by Gasteiger charge is 2.64. The van der Waals surface area contributed by atoms with Crippen LogP contribution in [0.4, 0.5) is 13.2 Å². The number of rotatable bonds is 2. The van der Waals surface area contributed by atoms with Crippen LogP contribution in [-0.2, 0) is 4.79 Å². The van der Waals surface area contributed by atoms with Crippen LogP contribution < -0.4 is 10.6 Å². The molecule has 1 aliphatic carbocycles. The Balaban J connectivity index is 2.00.